The van der Waals surface area contributed by atoms with Gasteiger partial charge in [-0.05, 0) is 5.56 Å². The number of nitro benzene ring substituents is 2. The third kappa shape index (κ3) is 4.28. The SMILES string of the molecule is O=C(Nc1ncn(Cc2ccccc2)n1)c1cc([N+](=O)[O-])cc([N+](=O)[O-])c1. The molecule has 0 aliphatic carbocycles. The van der Waals surface area contributed by atoms with E-state index in [1.54, 1.807) is 0 Å². The number of anilines is 1. The summed E-state index contributed by atoms with van der Waals surface area (Å²) >= 11 is 0. The molecule has 2 aromatic carbocycles. The van der Waals surface area contributed by atoms with E-state index in [2.05, 4.69) is 15.4 Å². The predicted octanol–water partition coefficient (Wildman–Crippen LogP) is 2.40. The highest BCUT2D eigenvalue weighted by atomic mass is 16.6. The second-order valence-corrected chi connectivity index (χ2v) is 5.46. The van der Waals surface area contributed by atoms with Crippen molar-refractivity contribution in [2.75, 3.05) is 5.32 Å². The van der Waals surface area contributed by atoms with Crippen LogP contribution < -0.4 is 5.32 Å². The number of nitrogens with one attached hydrogen (secondary N) is 1. The molecule has 11 heteroatoms. The average Bonchev–Trinajstić information content (AvgIpc) is 3.08. The Morgan fingerprint density at radius 3 is 2.26 bits per heavy atom. The molecule has 27 heavy (non-hydrogen) atoms. The number of aromatic nitrogens is 3. The highest BCUT2D eigenvalue weighted by Crippen LogP contribution is 2.23. The van der Waals surface area contributed by atoms with Crippen molar-refractivity contribution in [3.8, 4) is 0 Å². The van der Waals surface area contributed by atoms with Crippen LogP contribution in [-0.2, 0) is 6.54 Å². The van der Waals surface area contributed by atoms with Crippen molar-refractivity contribution in [3.05, 3.63) is 86.2 Å². The van der Waals surface area contributed by atoms with E-state index in [0.717, 1.165) is 23.8 Å². The molecular formula is C16H12N6O5. The first kappa shape index (κ1) is 17.7. The number of hydrogen-bond acceptors (Lipinski definition) is 7. The summed E-state index contributed by atoms with van der Waals surface area (Å²) in [6.07, 6.45) is 1.42. The normalized spacial score (nSPS) is 10.4. The Morgan fingerprint density at radius 1 is 1.04 bits per heavy atom. The smallest absolute Gasteiger partial charge is 0.277 e. The molecule has 0 aliphatic heterocycles. The zero-order valence-corrected chi connectivity index (χ0v) is 13.7. The molecule has 0 spiro atoms. The van der Waals surface area contributed by atoms with Crippen molar-refractivity contribution in [3.63, 3.8) is 0 Å². The van der Waals surface area contributed by atoms with Crippen molar-refractivity contribution in [2.24, 2.45) is 0 Å². The summed E-state index contributed by atoms with van der Waals surface area (Å²) in [5.41, 5.74) is -0.376. The molecule has 3 aromatic rings. The van der Waals surface area contributed by atoms with Crippen LogP contribution >= 0.6 is 0 Å². The van der Waals surface area contributed by atoms with Gasteiger partial charge in [-0.15, -0.1) is 5.10 Å². The van der Waals surface area contributed by atoms with Crippen molar-refractivity contribution in [1.82, 2.24) is 14.8 Å². The summed E-state index contributed by atoms with van der Waals surface area (Å²) in [6, 6.07) is 12.1. The Morgan fingerprint density at radius 2 is 1.67 bits per heavy atom. The van der Waals surface area contributed by atoms with Crippen molar-refractivity contribution < 1.29 is 14.6 Å². The number of carbonyl (C=O) groups excluding carboxylic acids is 1. The summed E-state index contributed by atoms with van der Waals surface area (Å²) in [7, 11) is 0. The fourth-order valence-electron chi connectivity index (χ4n) is 2.31. The first-order chi connectivity index (χ1) is 12.9. The number of non-ortho nitro benzene ring substituents is 2. The molecule has 0 fully saturated rings. The van der Waals surface area contributed by atoms with Gasteiger partial charge in [0.15, 0.2) is 0 Å². The molecule has 0 bridgehead atoms. The minimum atomic E-state index is -0.809. The molecule has 1 heterocycles. The van der Waals surface area contributed by atoms with E-state index in [1.165, 1.54) is 11.0 Å². The topological polar surface area (TPSA) is 146 Å². The monoisotopic (exact) mass is 368 g/mol. The second kappa shape index (κ2) is 7.39. The molecule has 1 N–H and O–H groups in total. The maximum atomic E-state index is 12.3. The molecule has 0 saturated carbocycles. The predicted molar refractivity (Wildman–Crippen MR) is 93.3 cm³/mol. The molecule has 136 valence electrons. The van der Waals surface area contributed by atoms with Crippen LogP contribution in [0.25, 0.3) is 0 Å². The number of benzene rings is 2. The Bertz CT molecular complexity index is 985. The Kier molecular flexibility index (Phi) is 4.84. The van der Waals surface area contributed by atoms with E-state index in [0.29, 0.717) is 6.54 Å². The maximum absolute atomic E-state index is 12.3. The zero-order valence-electron chi connectivity index (χ0n) is 13.7. The number of nitro groups is 2. The number of amides is 1. The summed E-state index contributed by atoms with van der Waals surface area (Å²) < 4.78 is 1.50. The van der Waals surface area contributed by atoms with Crippen LogP contribution in [0.15, 0.2) is 54.9 Å². The van der Waals surface area contributed by atoms with E-state index >= 15 is 0 Å². The van der Waals surface area contributed by atoms with E-state index in [4.69, 9.17) is 0 Å². The van der Waals surface area contributed by atoms with Crippen LogP contribution in [0.4, 0.5) is 17.3 Å². The van der Waals surface area contributed by atoms with Gasteiger partial charge in [0.2, 0.25) is 5.95 Å². The van der Waals surface area contributed by atoms with Crippen molar-refractivity contribution in [2.45, 2.75) is 6.54 Å². The molecule has 0 saturated heterocycles. The third-order valence-corrected chi connectivity index (χ3v) is 3.54. The van der Waals surface area contributed by atoms with Gasteiger partial charge in [-0.2, -0.15) is 0 Å². The second-order valence-electron chi connectivity index (χ2n) is 5.46. The Hall–Kier alpha value is -4.15. The Balaban J connectivity index is 1.77. The first-order valence-electron chi connectivity index (χ1n) is 7.61. The number of rotatable bonds is 6. The Labute approximate surface area is 151 Å². The van der Waals surface area contributed by atoms with Gasteiger partial charge in [-0.25, -0.2) is 9.67 Å². The van der Waals surface area contributed by atoms with Crippen LogP contribution in [0.3, 0.4) is 0 Å². The summed E-state index contributed by atoms with van der Waals surface area (Å²) in [5, 5.41) is 28.3. The third-order valence-electron chi connectivity index (χ3n) is 3.54. The number of carbonyl (C=O) groups is 1. The van der Waals surface area contributed by atoms with Gasteiger partial charge < -0.3 is 0 Å². The molecule has 1 aromatic heterocycles. The molecule has 0 unspecified atom stereocenters. The molecule has 1 amide bonds. The highest BCUT2D eigenvalue weighted by molar-refractivity contribution is 6.04. The highest BCUT2D eigenvalue weighted by Gasteiger charge is 2.20. The minimum absolute atomic E-state index is 0.0231. The number of nitrogens with zero attached hydrogens (tertiary/aromatic N) is 5. The van der Waals surface area contributed by atoms with Crippen LogP contribution in [-0.4, -0.2) is 30.5 Å². The van der Waals surface area contributed by atoms with Gasteiger partial charge in [0.05, 0.1) is 28.0 Å². The van der Waals surface area contributed by atoms with E-state index in [9.17, 15) is 25.0 Å². The van der Waals surface area contributed by atoms with E-state index < -0.39 is 27.1 Å². The van der Waals surface area contributed by atoms with Crippen LogP contribution in [0, 0.1) is 20.2 Å². The van der Waals surface area contributed by atoms with Gasteiger partial charge in [-0.1, -0.05) is 30.3 Å². The summed E-state index contributed by atoms with van der Waals surface area (Å²) in [4.78, 5) is 36.4. The fourth-order valence-corrected chi connectivity index (χ4v) is 2.31. The maximum Gasteiger partial charge on any atom is 0.277 e. The summed E-state index contributed by atoms with van der Waals surface area (Å²) in [6.45, 7) is 0.436. The van der Waals surface area contributed by atoms with Gasteiger partial charge >= 0.3 is 0 Å². The molecule has 11 nitrogen and oxygen atoms in total. The lowest BCUT2D eigenvalue weighted by Crippen LogP contribution is -2.14. The zero-order chi connectivity index (χ0) is 19.4. The minimum Gasteiger partial charge on any atom is -0.289 e. The molecule has 3 rings (SSSR count). The van der Waals surface area contributed by atoms with Crippen molar-refractivity contribution in [1.29, 1.82) is 0 Å². The van der Waals surface area contributed by atoms with Gasteiger partial charge in [0, 0.05) is 12.1 Å². The van der Waals surface area contributed by atoms with Crippen molar-refractivity contribution >= 4 is 23.2 Å². The molecule has 0 atom stereocenters. The molecule has 0 aliphatic rings. The molecule has 0 radical (unpaired) electrons. The fraction of sp³-hybridized carbons (Fsp3) is 0.0625. The largest absolute Gasteiger partial charge is 0.289 e. The quantitative estimate of drug-likeness (QED) is 0.519. The standard InChI is InChI=1S/C16H12N6O5/c23-15(12-6-13(21(24)25)8-14(7-12)22(26)27)18-16-17-10-20(19-16)9-11-4-2-1-3-5-11/h1-8,10H,9H2,(H,18,19,23). The number of hydrogen-bond donors (Lipinski definition) is 1. The van der Waals surface area contributed by atoms with Crippen LogP contribution in [0.2, 0.25) is 0 Å². The first-order valence-corrected chi connectivity index (χ1v) is 7.61. The molecular weight excluding hydrogens is 356 g/mol. The lowest BCUT2D eigenvalue weighted by atomic mass is 10.1. The van der Waals surface area contributed by atoms with Gasteiger partial charge in [0.25, 0.3) is 17.3 Å². The average molecular weight is 368 g/mol. The summed E-state index contributed by atoms with van der Waals surface area (Å²) in [5.74, 6) is -0.815. The lowest BCUT2D eigenvalue weighted by molar-refractivity contribution is -0.394. The van der Waals surface area contributed by atoms with E-state index in [1.807, 2.05) is 30.3 Å². The van der Waals surface area contributed by atoms with Gasteiger partial charge in [0.1, 0.15) is 6.33 Å². The lowest BCUT2D eigenvalue weighted by Gasteiger charge is -2.02. The van der Waals surface area contributed by atoms with E-state index in [-0.39, 0.29) is 11.5 Å². The van der Waals surface area contributed by atoms with Crippen LogP contribution in [0.1, 0.15) is 15.9 Å². The van der Waals surface area contributed by atoms with Gasteiger partial charge in [-0.3, -0.25) is 30.3 Å². The van der Waals surface area contributed by atoms with Crippen LogP contribution in [0.5, 0.6) is 0 Å².